The largest absolute Gasteiger partial charge is 0.423 e. The number of halogens is 3. The van der Waals surface area contributed by atoms with Gasteiger partial charge in [-0.15, -0.1) is 0 Å². The SMILES string of the molecule is CC(CONC(=O)CC1=CCN(c2ncc(C3CC3)cn2)CC1)Nc1cnn(COCC[Si](C)(C)C)c(=O)c1C(F)(F)F. The molecule has 1 aliphatic heterocycles. The molecular weight excluding hydrogens is 583 g/mol. The van der Waals surface area contributed by atoms with E-state index in [1.807, 2.05) is 23.4 Å². The molecule has 11 nitrogen and oxygen atoms in total. The van der Waals surface area contributed by atoms with Gasteiger partial charge >= 0.3 is 6.18 Å². The van der Waals surface area contributed by atoms with Crippen molar-refractivity contribution in [3.8, 4) is 0 Å². The fraction of sp³-hybridized carbons (Fsp3) is 0.607. The first-order chi connectivity index (χ1) is 20.3. The Morgan fingerprint density at radius 1 is 1.19 bits per heavy atom. The summed E-state index contributed by atoms with van der Waals surface area (Å²) in [6.07, 6.45) is 4.98. The van der Waals surface area contributed by atoms with Crippen molar-refractivity contribution >= 4 is 25.6 Å². The van der Waals surface area contributed by atoms with Crippen molar-refractivity contribution in [3.63, 3.8) is 0 Å². The summed E-state index contributed by atoms with van der Waals surface area (Å²) in [5.41, 5.74) is 1.33. The second kappa shape index (κ2) is 14.0. The number of rotatable bonds is 14. The highest BCUT2D eigenvalue weighted by Gasteiger charge is 2.38. The molecule has 1 unspecified atom stereocenters. The summed E-state index contributed by atoms with van der Waals surface area (Å²) in [5.74, 6) is 0.897. The van der Waals surface area contributed by atoms with Crippen LogP contribution in [0.2, 0.25) is 25.7 Å². The molecular formula is C28H40F3N7O4Si. The summed E-state index contributed by atoms with van der Waals surface area (Å²) in [7, 11) is -1.39. The number of hydroxylamine groups is 1. The first kappa shape index (κ1) is 32.6. The van der Waals surface area contributed by atoms with Gasteiger partial charge in [0, 0.05) is 52.6 Å². The Balaban J connectivity index is 1.22. The molecule has 1 amide bonds. The van der Waals surface area contributed by atoms with Crippen LogP contribution >= 0.6 is 0 Å². The Morgan fingerprint density at radius 2 is 1.91 bits per heavy atom. The average Bonchev–Trinajstić information content (AvgIpc) is 3.77. The number of hydrogen-bond acceptors (Lipinski definition) is 9. The van der Waals surface area contributed by atoms with E-state index < -0.39 is 37.1 Å². The number of carbonyl (C=O) groups excluding carboxylic acids is 1. The molecule has 2 aromatic rings. The van der Waals surface area contributed by atoms with Crippen LogP contribution < -0.4 is 21.3 Å². The summed E-state index contributed by atoms with van der Waals surface area (Å²) >= 11 is 0. The second-order valence-corrected chi connectivity index (χ2v) is 17.9. The van der Waals surface area contributed by atoms with Gasteiger partial charge in [-0.1, -0.05) is 31.3 Å². The molecule has 0 radical (unpaired) electrons. The molecule has 236 valence electrons. The Hall–Kier alpha value is -3.30. The van der Waals surface area contributed by atoms with E-state index in [4.69, 9.17) is 9.57 Å². The van der Waals surface area contributed by atoms with Crippen LogP contribution in [-0.2, 0) is 27.3 Å². The van der Waals surface area contributed by atoms with Gasteiger partial charge in [-0.25, -0.2) is 20.1 Å². The molecule has 1 fully saturated rings. The third-order valence-electron chi connectivity index (χ3n) is 7.14. The number of alkyl halides is 3. The van der Waals surface area contributed by atoms with Crippen molar-refractivity contribution in [3.05, 3.63) is 51.7 Å². The second-order valence-electron chi connectivity index (χ2n) is 12.3. The number of carbonyl (C=O) groups is 1. The van der Waals surface area contributed by atoms with E-state index in [1.165, 1.54) is 18.4 Å². The van der Waals surface area contributed by atoms with Gasteiger partial charge in [-0.2, -0.15) is 18.3 Å². The molecule has 1 aliphatic carbocycles. The molecule has 3 heterocycles. The lowest BCUT2D eigenvalue weighted by Gasteiger charge is -2.26. The Kier molecular flexibility index (Phi) is 10.6. The normalized spacial score (nSPS) is 16.5. The van der Waals surface area contributed by atoms with Crippen LogP contribution in [0, 0.1) is 0 Å². The maximum absolute atomic E-state index is 13.8. The number of ether oxygens (including phenoxy) is 1. The highest BCUT2D eigenvalue weighted by molar-refractivity contribution is 6.76. The predicted molar refractivity (Wildman–Crippen MR) is 158 cm³/mol. The van der Waals surface area contributed by atoms with Crippen molar-refractivity contribution in [2.75, 3.05) is 36.5 Å². The number of amides is 1. The maximum Gasteiger partial charge on any atom is 0.423 e. The topological polar surface area (TPSA) is 124 Å². The van der Waals surface area contributed by atoms with Crippen LogP contribution in [0.4, 0.5) is 24.8 Å². The van der Waals surface area contributed by atoms with Gasteiger partial charge in [0.05, 0.1) is 18.5 Å². The molecule has 0 aromatic carbocycles. The lowest BCUT2D eigenvalue weighted by molar-refractivity contribution is -0.138. The third-order valence-corrected chi connectivity index (χ3v) is 8.84. The molecule has 2 aliphatic rings. The van der Waals surface area contributed by atoms with Crippen molar-refractivity contribution in [1.82, 2.24) is 25.2 Å². The van der Waals surface area contributed by atoms with Crippen molar-refractivity contribution in [2.24, 2.45) is 0 Å². The number of anilines is 2. The van der Waals surface area contributed by atoms with Gasteiger partial charge in [0.1, 0.15) is 12.3 Å². The van der Waals surface area contributed by atoms with Crippen molar-refractivity contribution < 1.29 is 27.5 Å². The van der Waals surface area contributed by atoms with Crippen molar-refractivity contribution in [1.29, 1.82) is 0 Å². The molecule has 0 spiro atoms. The lowest BCUT2D eigenvalue weighted by Crippen LogP contribution is -2.35. The van der Waals surface area contributed by atoms with Crippen molar-refractivity contribution in [2.45, 2.75) is 83.2 Å². The zero-order valence-electron chi connectivity index (χ0n) is 25.0. The van der Waals surface area contributed by atoms with Crippen LogP contribution in [0.1, 0.15) is 49.7 Å². The smallest absolute Gasteiger partial charge is 0.378 e. The zero-order chi connectivity index (χ0) is 31.2. The fourth-order valence-corrected chi connectivity index (χ4v) is 5.22. The fourth-order valence-electron chi connectivity index (χ4n) is 4.47. The van der Waals surface area contributed by atoms with Gasteiger partial charge < -0.3 is 15.0 Å². The number of hydrogen-bond donors (Lipinski definition) is 2. The molecule has 4 rings (SSSR count). The van der Waals surface area contributed by atoms with E-state index in [-0.39, 0.29) is 25.7 Å². The number of nitrogens with zero attached hydrogens (tertiary/aromatic N) is 5. The van der Waals surface area contributed by atoms with Crippen LogP contribution in [0.3, 0.4) is 0 Å². The van der Waals surface area contributed by atoms with E-state index in [0.717, 1.165) is 17.8 Å². The minimum Gasteiger partial charge on any atom is -0.378 e. The number of aromatic nitrogens is 4. The van der Waals surface area contributed by atoms with E-state index in [0.29, 0.717) is 42.7 Å². The first-order valence-corrected chi connectivity index (χ1v) is 18.2. The molecule has 15 heteroatoms. The first-order valence-electron chi connectivity index (χ1n) is 14.5. The van der Waals surface area contributed by atoms with Crippen LogP contribution in [0.5, 0.6) is 0 Å². The quantitative estimate of drug-likeness (QED) is 0.137. The Labute approximate surface area is 249 Å². The zero-order valence-corrected chi connectivity index (χ0v) is 26.0. The summed E-state index contributed by atoms with van der Waals surface area (Å²) in [6.45, 7) is 9.10. The van der Waals surface area contributed by atoms with E-state index in [2.05, 4.69) is 45.5 Å². The summed E-state index contributed by atoms with van der Waals surface area (Å²) in [5, 5.41) is 6.48. The molecule has 43 heavy (non-hydrogen) atoms. The van der Waals surface area contributed by atoms with E-state index in [9.17, 15) is 22.8 Å². The Morgan fingerprint density at radius 3 is 2.51 bits per heavy atom. The minimum atomic E-state index is -4.91. The molecule has 1 atom stereocenters. The third kappa shape index (κ3) is 9.86. The average molecular weight is 624 g/mol. The summed E-state index contributed by atoms with van der Waals surface area (Å²) in [4.78, 5) is 41.3. The molecule has 0 bridgehead atoms. The molecule has 2 N–H and O–H groups in total. The summed E-state index contributed by atoms with van der Waals surface area (Å²) < 4.78 is 47.5. The highest BCUT2D eigenvalue weighted by Crippen LogP contribution is 2.39. The van der Waals surface area contributed by atoms with Gasteiger partial charge in [0.2, 0.25) is 11.9 Å². The van der Waals surface area contributed by atoms with Gasteiger partial charge in [-0.3, -0.25) is 14.4 Å². The molecule has 0 saturated heterocycles. The lowest BCUT2D eigenvalue weighted by atomic mass is 10.0. The predicted octanol–water partition coefficient (Wildman–Crippen LogP) is 4.32. The van der Waals surface area contributed by atoms with Gasteiger partial charge in [0.15, 0.2) is 0 Å². The monoisotopic (exact) mass is 623 g/mol. The molecule has 1 saturated carbocycles. The van der Waals surface area contributed by atoms with Gasteiger partial charge in [0.25, 0.3) is 5.56 Å². The summed E-state index contributed by atoms with van der Waals surface area (Å²) in [6, 6.07) is 0.128. The van der Waals surface area contributed by atoms with Crippen LogP contribution in [-0.4, -0.2) is 66.1 Å². The standard InChI is InChI=1S/C28H40F3N7O4Si/c1-19(35-23-16-34-38(18-41-11-12-43(2,3)4)26(40)25(23)28(29,30)31)17-42-36-24(39)13-20-7-9-37(10-8-20)27-32-14-22(15-33-27)21-5-6-21/h7,14-16,19,21,35H,5-6,8-13,17-18H2,1-4H3,(H,36,39). The minimum absolute atomic E-state index is 0.136. The van der Waals surface area contributed by atoms with E-state index >= 15 is 0 Å². The highest BCUT2D eigenvalue weighted by atomic mass is 28.3. The van der Waals surface area contributed by atoms with Gasteiger partial charge in [-0.05, 0) is 43.7 Å². The Bertz CT molecular complexity index is 1340. The maximum atomic E-state index is 13.8. The van der Waals surface area contributed by atoms with E-state index in [1.54, 1.807) is 6.92 Å². The van der Waals surface area contributed by atoms with Crippen LogP contribution in [0.25, 0.3) is 0 Å². The number of nitrogens with one attached hydrogen (secondary N) is 2. The molecule has 2 aromatic heterocycles. The van der Waals surface area contributed by atoms with Crippen LogP contribution in [0.15, 0.2) is 35.0 Å².